The zero-order valence-corrected chi connectivity index (χ0v) is 14.8. The second-order valence-corrected chi connectivity index (χ2v) is 8.15. The molecule has 0 bridgehead atoms. The Morgan fingerprint density at radius 2 is 1.92 bits per heavy atom. The van der Waals surface area contributed by atoms with Crippen LogP contribution < -0.4 is 9.62 Å². The van der Waals surface area contributed by atoms with Crippen LogP contribution in [0, 0.1) is 11.7 Å². The van der Waals surface area contributed by atoms with Crippen molar-refractivity contribution in [2.24, 2.45) is 5.92 Å². The van der Waals surface area contributed by atoms with Gasteiger partial charge >= 0.3 is 0 Å². The average molecular weight is 363 g/mol. The molecule has 1 aliphatic rings. The molecule has 0 spiro atoms. The smallest absolute Gasteiger partial charge is 0.215 e. The van der Waals surface area contributed by atoms with Crippen LogP contribution in [0.4, 0.5) is 10.1 Å². The molecule has 1 N–H and O–H groups in total. The third-order valence-corrected chi connectivity index (χ3v) is 5.82. The van der Waals surface area contributed by atoms with Crippen LogP contribution in [-0.2, 0) is 15.8 Å². The van der Waals surface area contributed by atoms with Gasteiger partial charge in [-0.15, -0.1) is 0 Å². The van der Waals surface area contributed by atoms with Gasteiger partial charge in [0, 0.05) is 31.4 Å². The number of benzene rings is 1. The molecule has 0 unspecified atom stereocenters. The Labute approximate surface area is 147 Å². The molecule has 0 atom stereocenters. The summed E-state index contributed by atoms with van der Waals surface area (Å²) >= 11 is 0. The lowest BCUT2D eigenvalue weighted by Gasteiger charge is -2.33. The van der Waals surface area contributed by atoms with Crippen LogP contribution in [0.5, 0.6) is 0 Å². The van der Waals surface area contributed by atoms with E-state index in [9.17, 15) is 12.8 Å². The van der Waals surface area contributed by atoms with Crippen molar-refractivity contribution in [1.29, 1.82) is 0 Å². The third-order valence-electron chi connectivity index (χ3n) is 4.52. The largest absolute Gasteiger partial charge is 0.370 e. The molecule has 2 aromatic rings. The minimum absolute atomic E-state index is 0.196. The minimum atomic E-state index is -3.54. The first kappa shape index (κ1) is 17.8. The molecule has 1 aromatic carbocycles. The summed E-state index contributed by atoms with van der Waals surface area (Å²) in [7, 11) is -3.54. The van der Waals surface area contributed by atoms with Gasteiger partial charge in [0.2, 0.25) is 10.0 Å². The number of halogens is 1. The van der Waals surface area contributed by atoms with E-state index in [0.29, 0.717) is 12.5 Å². The van der Waals surface area contributed by atoms with E-state index in [1.54, 1.807) is 18.3 Å². The van der Waals surface area contributed by atoms with E-state index in [1.807, 2.05) is 18.3 Å². The number of pyridine rings is 1. The van der Waals surface area contributed by atoms with E-state index < -0.39 is 15.8 Å². The topological polar surface area (TPSA) is 62.3 Å². The standard InChI is InChI=1S/C18H22FN3O2S/c19-18-6-2-1-4-16(18)14-25(23,24)21-12-15-7-10-22(11-8-15)17-5-3-9-20-13-17/h1-6,9,13,15,21H,7-8,10-12,14H2. The highest BCUT2D eigenvalue weighted by molar-refractivity contribution is 7.88. The van der Waals surface area contributed by atoms with Gasteiger partial charge in [-0.05, 0) is 37.0 Å². The van der Waals surface area contributed by atoms with Gasteiger partial charge in [0.05, 0.1) is 17.6 Å². The summed E-state index contributed by atoms with van der Waals surface area (Å²) in [6.07, 6.45) is 5.42. The Balaban J connectivity index is 1.48. The summed E-state index contributed by atoms with van der Waals surface area (Å²) in [5, 5.41) is 0. The lowest BCUT2D eigenvalue weighted by Crippen LogP contribution is -2.39. The lowest BCUT2D eigenvalue weighted by molar-refractivity contribution is 0.401. The zero-order chi connectivity index (χ0) is 17.7. The third kappa shape index (κ3) is 4.99. The average Bonchev–Trinajstić information content (AvgIpc) is 2.63. The van der Waals surface area contributed by atoms with Crippen LogP contribution in [0.25, 0.3) is 0 Å². The summed E-state index contributed by atoms with van der Waals surface area (Å²) in [5.41, 5.74) is 1.29. The number of piperidine rings is 1. The van der Waals surface area contributed by atoms with Crippen LogP contribution in [0.15, 0.2) is 48.8 Å². The maximum atomic E-state index is 13.6. The predicted molar refractivity (Wildman–Crippen MR) is 96.2 cm³/mol. The summed E-state index contributed by atoms with van der Waals surface area (Å²) in [6, 6.07) is 9.92. The highest BCUT2D eigenvalue weighted by Crippen LogP contribution is 2.22. The lowest BCUT2D eigenvalue weighted by atomic mass is 9.97. The molecule has 1 saturated heterocycles. The number of hydrogen-bond acceptors (Lipinski definition) is 4. The number of anilines is 1. The molecule has 0 aliphatic carbocycles. The maximum absolute atomic E-state index is 13.6. The summed E-state index contributed by atoms with van der Waals surface area (Å²) in [5.74, 6) is -0.519. The Morgan fingerprint density at radius 1 is 1.16 bits per heavy atom. The molecule has 1 aliphatic heterocycles. The molecule has 2 heterocycles. The molecule has 1 fully saturated rings. The molecule has 7 heteroatoms. The molecule has 5 nitrogen and oxygen atoms in total. The predicted octanol–water partition coefficient (Wildman–Crippen LogP) is 2.56. The fourth-order valence-corrected chi connectivity index (χ4v) is 4.29. The Morgan fingerprint density at radius 3 is 2.60 bits per heavy atom. The molecule has 0 amide bonds. The Hall–Kier alpha value is -1.99. The number of sulfonamides is 1. The molecule has 1 aromatic heterocycles. The number of aromatic nitrogens is 1. The molecule has 134 valence electrons. The van der Waals surface area contributed by atoms with Crippen molar-refractivity contribution in [3.05, 3.63) is 60.2 Å². The van der Waals surface area contributed by atoms with Gasteiger partial charge in [0.25, 0.3) is 0 Å². The molecular weight excluding hydrogens is 341 g/mol. The van der Waals surface area contributed by atoms with E-state index in [-0.39, 0.29) is 11.3 Å². The quantitative estimate of drug-likeness (QED) is 0.857. The van der Waals surface area contributed by atoms with E-state index in [1.165, 1.54) is 12.1 Å². The molecular formula is C18H22FN3O2S. The molecule has 25 heavy (non-hydrogen) atoms. The van der Waals surface area contributed by atoms with Gasteiger partial charge < -0.3 is 4.90 Å². The van der Waals surface area contributed by atoms with Gasteiger partial charge in [0.1, 0.15) is 5.82 Å². The first-order chi connectivity index (χ1) is 12.0. The number of rotatable bonds is 6. The summed E-state index contributed by atoms with van der Waals surface area (Å²) < 4.78 is 40.6. The van der Waals surface area contributed by atoms with Gasteiger partial charge in [-0.3, -0.25) is 4.98 Å². The fraction of sp³-hybridized carbons (Fsp3) is 0.389. The van der Waals surface area contributed by atoms with Crippen molar-refractivity contribution >= 4 is 15.7 Å². The first-order valence-electron chi connectivity index (χ1n) is 8.39. The van der Waals surface area contributed by atoms with Crippen LogP contribution in [-0.4, -0.2) is 33.0 Å². The maximum Gasteiger partial charge on any atom is 0.215 e. The highest BCUT2D eigenvalue weighted by atomic mass is 32.2. The SMILES string of the molecule is O=S(=O)(Cc1ccccc1F)NCC1CCN(c2cccnc2)CC1. The Bertz CT molecular complexity index is 791. The summed E-state index contributed by atoms with van der Waals surface area (Å²) in [6.45, 7) is 2.16. The van der Waals surface area contributed by atoms with Crippen molar-refractivity contribution in [2.45, 2.75) is 18.6 Å². The van der Waals surface area contributed by atoms with Crippen molar-refractivity contribution in [1.82, 2.24) is 9.71 Å². The highest BCUT2D eigenvalue weighted by Gasteiger charge is 2.22. The normalized spacial score (nSPS) is 16.1. The van der Waals surface area contributed by atoms with Crippen LogP contribution in [0.2, 0.25) is 0 Å². The fourth-order valence-electron chi connectivity index (χ4n) is 3.05. The molecule has 0 saturated carbocycles. The minimum Gasteiger partial charge on any atom is -0.370 e. The number of nitrogens with one attached hydrogen (secondary N) is 1. The number of nitrogens with zero attached hydrogens (tertiary/aromatic N) is 2. The Kier molecular flexibility index (Phi) is 5.65. The first-order valence-corrected chi connectivity index (χ1v) is 10.0. The van der Waals surface area contributed by atoms with E-state index in [4.69, 9.17) is 0 Å². The van der Waals surface area contributed by atoms with Crippen molar-refractivity contribution in [3.8, 4) is 0 Å². The summed E-state index contributed by atoms with van der Waals surface area (Å²) in [4.78, 5) is 6.39. The van der Waals surface area contributed by atoms with Gasteiger partial charge in [-0.2, -0.15) is 0 Å². The number of hydrogen-bond donors (Lipinski definition) is 1. The van der Waals surface area contributed by atoms with Crippen LogP contribution in [0.1, 0.15) is 18.4 Å². The van der Waals surface area contributed by atoms with Gasteiger partial charge in [0.15, 0.2) is 0 Å². The molecule has 0 radical (unpaired) electrons. The second kappa shape index (κ2) is 7.93. The monoisotopic (exact) mass is 363 g/mol. The van der Waals surface area contributed by atoms with Crippen molar-refractivity contribution < 1.29 is 12.8 Å². The second-order valence-electron chi connectivity index (χ2n) is 6.34. The van der Waals surface area contributed by atoms with Crippen LogP contribution >= 0.6 is 0 Å². The van der Waals surface area contributed by atoms with Gasteiger partial charge in [-0.1, -0.05) is 18.2 Å². The van der Waals surface area contributed by atoms with Crippen LogP contribution in [0.3, 0.4) is 0 Å². The van der Waals surface area contributed by atoms with Crippen molar-refractivity contribution in [2.75, 3.05) is 24.5 Å². The van der Waals surface area contributed by atoms with E-state index >= 15 is 0 Å². The van der Waals surface area contributed by atoms with Crippen molar-refractivity contribution in [3.63, 3.8) is 0 Å². The van der Waals surface area contributed by atoms with Gasteiger partial charge in [-0.25, -0.2) is 17.5 Å². The molecule has 3 rings (SSSR count). The van der Waals surface area contributed by atoms with E-state index in [2.05, 4.69) is 14.6 Å². The van der Waals surface area contributed by atoms with E-state index in [0.717, 1.165) is 31.6 Å². The zero-order valence-electron chi connectivity index (χ0n) is 13.9.